The second-order valence-corrected chi connectivity index (χ2v) is 3.56. The molecule has 1 rings (SSSR count). The Morgan fingerprint density at radius 1 is 1.33 bits per heavy atom. The van der Waals surface area contributed by atoms with Crippen molar-refractivity contribution in [2.24, 2.45) is 0 Å². The van der Waals surface area contributed by atoms with Crippen LogP contribution in [0, 0.1) is 12.3 Å². The van der Waals surface area contributed by atoms with Crippen molar-refractivity contribution in [1.82, 2.24) is 5.32 Å². The van der Waals surface area contributed by atoms with Gasteiger partial charge in [-0.1, -0.05) is 18.1 Å². The van der Waals surface area contributed by atoms with Crippen LogP contribution >= 0.6 is 0 Å². The van der Waals surface area contributed by atoms with E-state index in [1.165, 1.54) is 13.0 Å². The molecular formula is C14H14N2O2. The second-order valence-electron chi connectivity index (χ2n) is 3.56. The number of carbonyl (C=O) groups is 2. The Morgan fingerprint density at radius 2 is 2.00 bits per heavy atom. The highest BCUT2D eigenvalue weighted by atomic mass is 16.2. The van der Waals surface area contributed by atoms with Gasteiger partial charge in [0.2, 0.25) is 11.8 Å². The van der Waals surface area contributed by atoms with Crippen LogP contribution < -0.4 is 10.6 Å². The summed E-state index contributed by atoms with van der Waals surface area (Å²) in [6, 6.07) is 7.13. The molecule has 0 spiro atoms. The normalized spacial score (nSPS) is 9.78. The molecule has 0 aliphatic heterocycles. The lowest BCUT2D eigenvalue weighted by molar-refractivity contribution is -0.116. The quantitative estimate of drug-likeness (QED) is 0.619. The first-order valence-corrected chi connectivity index (χ1v) is 5.39. The van der Waals surface area contributed by atoms with Gasteiger partial charge in [-0.25, -0.2) is 0 Å². The van der Waals surface area contributed by atoms with Gasteiger partial charge in [0.15, 0.2) is 0 Å². The van der Waals surface area contributed by atoms with Crippen LogP contribution in [0.1, 0.15) is 12.5 Å². The summed E-state index contributed by atoms with van der Waals surface area (Å²) in [5.41, 5.74) is 1.58. The molecule has 0 saturated carbocycles. The standard InChI is InChI=1S/C14H14N2O2/c1-3-10-15-14(18)9-6-12-4-7-13(8-5-12)16-11(2)17/h1,4-9H,10H2,2H3,(H,15,18)(H,16,17)/b9-6+. The van der Waals surface area contributed by atoms with Crippen molar-refractivity contribution in [2.75, 3.05) is 11.9 Å². The number of benzene rings is 1. The summed E-state index contributed by atoms with van der Waals surface area (Å²) in [6.45, 7) is 1.66. The summed E-state index contributed by atoms with van der Waals surface area (Å²) in [5.74, 6) is 1.96. The third-order valence-electron chi connectivity index (χ3n) is 2.02. The fourth-order valence-electron chi connectivity index (χ4n) is 1.25. The Kier molecular flexibility index (Phi) is 5.20. The Bertz CT molecular complexity index is 496. The minimum atomic E-state index is -0.237. The van der Waals surface area contributed by atoms with Crippen LogP contribution in [0.2, 0.25) is 0 Å². The Balaban J connectivity index is 2.58. The van der Waals surface area contributed by atoms with Crippen LogP contribution in [-0.4, -0.2) is 18.4 Å². The monoisotopic (exact) mass is 242 g/mol. The van der Waals surface area contributed by atoms with Crippen LogP contribution in [-0.2, 0) is 9.59 Å². The maximum absolute atomic E-state index is 11.2. The number of hydrogen-bond donors (Lipinski definition) is 2. The van der Waals surface area contributed by atoms with Gasteiger partial charge in [0.05, 0.1) is 6.54 Å². The van der Waals surface area contributed by atoms with Gasteiger partial charge in [0, 0.05) is 18.7 Å². The predicted octanol–water partition coefficient (Wildman–Crippen LogP) is 1.41. The lowest BCUT2D eigenvalue weighted by Crippen LogP contribution is -2.20. The minimum absolute atomic E-state index is 0.119. The van der Waals surface area contributed by atoms with Crippen LogP contribution in [0.5, 0.6) is 0 Å². The van der Waals surface area contributed by atoms with Crippen LogP contribution in [0.25, 0.3) is 6.08 Å². The molecule has 0 unspecified atom stereocenters. The number of amides is 2. The molecule has 1 aromatic rings. The topological polar surface area (TPSA) is 58.2 Å². The number of rotatable bonds is 4. The predicted molar refractivity (Wildman–Crippen MR) is 71.6 cm³/mol. The van der Waals surface area contributed by atoms with Crippen molar-refractivity contribution in [2.45, 2.75) is 6.92 Å². The first kappa shape index (κ1) is 13.5. The zero-order valence-electron chi connectivity index (χ0n) is 10.1. The molecule has 4 nitrogen and oxygen atoms in total. The Morgan fingerprint density at radius 3 is 2.56 bits per heavy atom. The third-order valence-corrected chi connectivity index (χ3v) is 2.02. The van der Waals surface area contributed by atoms with Crippen molar-refractivity contribution in [1.29, 1.82) is 0 Å². The van der Waals surface area contributed by atoms with Gasteiger partial charge >= 0.3 is 0 Å². The highest BCUT2D eigenvalue weighted by Crippen LogP contribution is 2.10. The average Bonchev–Trinajstić information content (AvgIpc) is 2.35. The molecule has 0 aliphatic carbocycles. The summed E-state index contributed by atoms with van der Waals surface area (Å²) in [7, 11) is 0. The minimum Gasteiger partial charge on any atom is -0.342 e. The first-order valence-electron chi connectivity index (χ1n) is 5.39. The summed E-state index contributed by atoms with van der Waals surface area (Å²) in [4.78, 5) is 22.1. The van der Waals surface area contributed by atoms with Gasteiger partial charge in [0.25, 0.3) is 0 Å². The van der Waals surface area contributed by atoms with E-state index in [4.69, 9.17) is 6.42 Å². The number of hydrogen-bond acceptors (Lipinski definition) is 2. The summed E-state index contributed by atoms with van der Waals surface area (Å²) < 4.78 is 0. The second kappa shape index (κ2) is 6.92. The van der Waals surface area contributed by atoms with E-state index in [0.717, 1.165) is 11.3 Å². The number of terminal acetylenes is 1. The van der Waals surface area contributed by atoms with Gasteiger partial charge in [-0.2, -0.15) is 0 Å². The van der Waals surface area contributed by atoms with Crippen molar-refractivity contribution < 1.29 is 9.59 Å². The zero-order chi connectivity index (χ0) is 13.4. The maximum atomic E-state index is 11.2. The van der Waals surface area contributed by atoms with E-state index in [9.17, 15) is 9.59 Å². The van der Waals surface area contributed by atoms with Gasteiger partial charge in [-0.3, -0.25) is 9.59 Å². The Labute approximate surface area is 106 Å². The largest absolute Gasteiger partial charge is 0.342 e. The first-order chi connectivity index (χ1) is 8.61. The lowest BCUT2D eigenvalue weighted by atomic mass is 10.2. The van der Waals surface area contributed by atoms with Gasteiger partial charge in [0.1, 0.15) is 0 Å². The maximum Gasteiger partial charge on any atom is 0.244 e. The fourth-order valence-corrected chi connectivity index (χ4v) is 1.25. The molecule has 0 radical (unpaired) electrons. The van der Waals surface area contributed by atoms with Crippen LogP contribution in [0.15, 0.2) is 30.3 Å². The van der Waals surface area contributed by atoms with Gasteiger partial charge < -0.3 is 10.6 Å². The summed E-state index contributed by atoms with van der Waals surface area (Å²) in [5, 5.41) is 5.18. The molecule has 4 heteroatoms. The highest BCUT2D eigenvalue weighted by molar-refractivity contribution is 5.92. The molecule has 0 saturated heterocycles. The smallest absolute Gasteiger partial charge is 0.244 e. The molecule has 0 bridgehead atoms. The van der Waals surface area contributed by atoms with Crippen LogP contribution in [0.4, 0.5) is 5.69 Å². The molecule has 2 amide bonds. The molecule has 0 aromatic heterocycles. The molecular weight excluding hydrogens is 228 g/mol. The van der Waals surface area contributed by atoms with Crippen molar-refractivity contribution in [3.8, 4) is 12.3 Å². The van der Waals surface area contributed by atoms with E-state index in [1.807, 2.05) is 0 Å². The molecule has 18 heavy (non-hydrogen) atoms. The summed E-state index contributed by atoms with van der Waals surface area (Å²) in [6.07, 6.45) is 8.09. The van der Waals surface area contributed by atoms with Crippen LogP contribution in [0.3, 0.4) is 0 Å². The third kappa shape index (κ3) is 4.99. The van der Waals surface area contributed by atoms with E-state index < -0.39 is 0 Å². The Hall–Kier alpha value is -2.54. The number of anilines is 1. The SMILES string of the molecule is C#CCNC(=O)/C=C/c1ccc(NC(C)=O)cc1. The lowest BCUT2D eigenvalue weighted by Gasteiger charge is -2.01. The molecule has 0 heterocycles. The van der Waals surface area contributed by atoms with E-state index >= 15 is 0 Å². The molecule has 2 N–H and O–H groups in total. The molecule has 0 atom stereocenters. The van der Waals surface area contributed by atoms with Gasteiger partial charge in [-0.05, 0) is 23.8 Å². The molecule has 1 aromatic carbocycles. The number of nitrogens with one attached hydrogen (secondary N) is 2. The van der Waals surface area contributed by atoms with Gasteiger partial charge in [-0.15, -0.1) is 6.42 Å². The van der Waals surface area contributed by atoms with Crippen molar-refractivity contribution >= 4 is 23.6 Å². The van der Waals surface area contributed by atoms with E-state index in [0.29, 0.717) is 0 Å². The fraction of sp³-hybridized carbons (Fsp3) is 0.143. The van der Waals surface area contributed by atoms with Crippen molar-refractivity contribution in [3.05, 3.63) is 35.9 Å². The summed E-state index contributed by atoms with van der Waals surface area (Å²) >= 11 is 0. The van der Waals surface area contributed by atoms with E-state index in [2.05, 4.69) is 16.6 Å². The number of carbonyl (C=O) groups excluding carboxylic acids is 2. The van der Waals surface area contributed by atoms with E-state index in [-0.39, 0.29) is 18.4 Å². The van der Waals surface area contributed by atoms with Crippen molar-refractivity contribution in [3.63, 3.8) is 0 Å². The molecule has 0 fully saturated rings. The molecule has 92 valence electrons. The zero-order valence-corrected chi connectivity index (χ0v) is 10.1. The van der Waals surface area contributed by atoms with E-state index in [1.54, 1.807) is 30.3 Å². The highest BCUT2D eigenvalue weighted by Gasteiger charge is 1.95. The average molecular weight is 242 g/mol. The molecule has 0 aliphatic rings.